The van der Waals surface area contributed by atoms with Gasteiger partial charge in [0, 0.05) is 38.6 Å². The molecule has 0 bridgehead atoms. The van der Waals surface area contributed by atoms with E-state index in [1.165, 1.54) is 30.0 Å². The SMILES string of the molecule is CCN(CC)C(=O)CNC(=O)c1nc(NC(=O)Nc2ccc(OC(F)(F)F)cc2)cn1CCOC. The van der Waals surface area contributed by atoms with Gasteiger partial charge in [-0.15, -0.1) is 13.2 Å². The number of imidazole rings is 1. The van der Waals surface area contributed by atoms with Crippen LogP contribution in [0.4, 0.5) is 29.5 Å². The van der Waals surface area contributed by atoms with Crippen molar-refractivity contribution in [2.24, 2.45) is 0 Å². The molecule has 11 nitrogen and oxygen atoms in total. The predicted octanol–water partition coefficient (Wildman–Crippen LogP) is 2.67. The van der Waals surface area contributed by atoms with Crippen molar-refractivity contribution in [1.82, 2.24) is 19.8 Å². The van der Waals surface area contributed by atoms with E-state index >= 15 is 0 Å². The van der Waals surface area contributed by atoms with Crippen molar-refractivity contribution in [3.05, 3.63) is 36.3 Å². The Balaban J connectivity index is 2.04. The van der Waals surface area contributed by atoms with E-state index in [0.29, 0.717) is 13.1 Å². The van der Waals surface area contributed by atoms with Crippen LogP contribution in [0.5, 0.6) is 5.75 Å². The Labute approximate surface area is 199 Å². The summed E-state index contributed by atoms with van der Waals surface area (Å²) in [5, 5.41) is 7.40. The molecule has 35 heavy (non-hydrogen) atoms. The normalized spacial score (nSPS) is 11.0. The minimum atomic E-state index is -4.82. The zero-order valence-corrected chi connectivity index (χ0v) is 19.4. The fraction of sp³-hybridized carbons (Fsp3) is 0.429. The molecule has 2 rings (SSSR count). The molecule has 3 N–H and O–H groups in total. The average molecular weight is 500 g/mol. The lowest BCUT2D eigenvalue weighted by Crippen LogP contribution is -2.40. The second-order valence-corrected chi connectivity index (χ2v) is 7.04. The molecule has 192 valence electrons. The van der Waals surface area contributed by atoms with Crippen molar-refractivity contribution in [2.45, 2.75) is 26.8 Å². The van der Waals surface area contributed by atoms with Gasteiger partial charge in [0.25, 0.3) is 5.91 Å². The highest BCUT2D eigenvalue weighted by atomic mass is 19.4. The maximum absolute atomic E-state index is 12.6. The van der Waals surface area contributed by atoms with Crippen LogP contribution in [-0.4, -0.2) is 72.0 Å². The smallest absolute Gasteiger partial charge is 0.406 e. The average Bonchev–Trinajstić information content (AvgIpc) is 3.19. The highest BCUT2D eigenvalue weighted by molar-refractivity contribution is 6.00. The maximum atomic E-state index is 12.6. The number of carbonyl (C=O) groups excluding carboxylic acids is 3. The van der Waals surface area contributed by atoms with Gasteiger partial charge in [0.1, 0.15) is 5.75 Å². The van der Waals surface area contributed by atoms with E-state index in [0.717, 1.165) is 12.1 Å². The first-order valence-corrected chi connectivity index (χ1v) is 10.6. The Morgan fingerprint density at radius 3 is 2.31 bits per heavy atom. The number of methoxy groups -OCH3 is 1. The second kappa shape index (κ2) is 12.6. The molecule has 0 aliphatic carbocycles. The van der Waals surface area contributed by atoms with Crippen LogP contribution in [0, 0.1) is 0 Å². The third-order valence-electron chi connectivity index (χ3n) is 4.62. The van der Waals surface area contributed by atoms with Gasteiger partial charge in [-0.2, -0.15) is 0 Å². The third kappa shape index (κ3) is 8.81. The van der Waals surface area contributed by atoms with Crippen LogP contribution in [0.25, 0.3) is 0 Å². The van der Waals surface area contributed by atoms with Crippen LogP contribution in [0.3, 0.4) is 0 Å². The summed E-state index contributed by atoms with van der Waals surface area (Å²) in [7, 11) is 1.48. The molecule has 0 spiro atoms. The van der Waals surface area contributed by atoms with Crippen molar-refractivity contribution in [3.8, 4) is 5.75 Å². The number of anilines is 2. The number of ether oxygens (including phenoxy) is 2. The van der Waals surface area contributed by atoms with Crippen molar-refractivity contribution < 1.29 is 37.0 Å². The molecule has 1 aromatic heterocycles. The lowest BCUT2D eigenvalue weighted by molar-refractivity contribution is -0.274. The molecule has 14 heteroatoms. The summed E-state index contributed by atoms with van der Waals surface area (Å²) in [4.78, 5) is 42.8. The van der Waals surface area contributed by atoms with E-state index in [9.17, 15) is 27.6 Å². The summed E-state index contributed by atoms with van der Waals surface area (Å²) in [5.41, 5.74) is 0.198. The number of hydrogen-bond acceptors (Lipinski definition) is 6. The van der Waals surface area contributed by atoms with E-state index in [4.69, 9.17) is 4.74 Å². The lowest BCUT2D eigenvalue weighted by Gasteiger charge is -2.18. The van der Waals surface area contributed by atoms with Gasteiger partial charge in [-0.3, -0.25) is 14.9 Å². The number of halogens is 3. The summed E-state index contributed by atoms with van der Waals surface area (Å²) in [5.74, 6) is -1.30. The Morgan fingerprint density at radius 1 is 1.09 bits per heavy atom. The van der Waals surface area contributed by atoms with Gasteiger partial charge in [-0.05, 0) is 38.1 Å². The minimum Gasteiger partial charge on any atom is -0.406 e. The lowest BCUT2D eigenvalue weighted by atomic mass is 10.3. The number of amides is 4. The summed E-state index contributed by atoms with van der Waals surface area (Å²) in [6, 6.07) is 3.80. The molecular formula is C21H27F3N6O5. The van der Waals surface area contributed by atoms with Crippen LogP contribution in [0.2, 0.25) is 0 Å². The Kier molecular flexibility index (Phi) is 9.87. The van der Waals surface area contributed by atoms with Gasteiger partial charge in [0.15, 0.2) is 5.82 Å². The van der Waals surface area contributed by atoms with Gasteiger partial charge < -0.3 is 29.6 Å². The van der Waals surface area contributed by atoms with Crippen LogP contribution in [0.15, 0.2) is 30.5 Å². The molecule has 4 amide bonds. The largest absolute Gasteiger partial charge is 0.573 e. The summed E-state index contributed by atoms with van der Waals surface area (Å²) in [6.07, 6.45) is -3.41. The Bertz CT molecular complexity index is 1010. The zero-order valence-electron chi connectivity index (χ0n) is 19.4. The van der Waals surface area contributed by atoms with Crippen LogP contribution in [0.1, 0.15) is 24.5 Å². The fourth-order valence-electron chi connectivity index (χ4n) is 2.96. The van der Waals surface area contributed by atoms with E-state index in [-0.39, 0.29) is 42.9 Å². The maximum Gasteiger partial charge on any atom is 0.573 e. The number of benzene rings is 1. The molecule has 0 fully saturated rings. The van der Waals surface area contributed by atoms with Gasteiger partial charge >= 0.3 is 12.4 Å². The van der Waals surface area contributed by atoms with Crippen molar-refractivity contribution in [2.75, 3.05) is 44.0 Å². The number of nitrogens with zero attached hydrogens (tertiary/aromatic N) is 3. The molecule has 1 aromatic carbocycles. The van der Waals surface area contributed by atoms with Crippen LogP contribution >= 0.6 is 0 Å². The van der Waals surface area contributed by atoms with Crippen LogP contribution < -0.4 is 20.7 Å². The monoisotopic (exact) mass is 500 g/mol. The van der Waals surface area contributed by atoms with E-state index in [2.05, 4.69) is 25.7 Å². The number of carbonyl (C=O) groups is 3. The number of aromatic nitrogens is 2. The molecule has 0 aliphatic rings. The summed E-state index contributed by atoms with van der Waals surface area (Å²) < 4.78 is 47.0. The molecule has 0 aliphatic heterocycles. The predicted molar refractivity (Wildman–Crippen MR) is 120 cm³/mol. The molecule has 1 heterocycles. The Hall–Kier alpha value is -3.81. The highest BCUT2D eigenvalue weighted by Crippen LogP contribution is 2.24. The number of nitrogens with one attached hydrogen (secondary N) is 3. The zero-order chi connectivity index (χ0) is 26.0. The van der Waals surface area contributed by atoms with Crippen LogP contribution in [-0.2, 0) is 16.1 Å². The first-order chi connectivity index (χ1) is 16.6. The van der Waals surface area contributed by atoms with Crippen molar-refractivity contribution >= 4 is 29.4 Å². The van der Waals surface area contributed by atoms with Gasteiger partial charge in [0.05, 0.1) is 13.2 Å². The van der Waals surface area contributed by atoms with Gasteiger partial charge in [-0.25, -0.2) is 9.78 Å². The molecule has 0 saturated carbocycles. The molecule has 0 atom stereocenters. The molecule has 0 radical (unpaired) electrons. The quantitative estimate of drug-likeness (QED) is 0.436. The number of urea groups is 1. The Morgan fingerprint density at radius 2 is 1.74 bits per heavy atom. The number of rotatable bonds is 11. The highest BCUT2D eigenvalue weighted by Gasteiger charge is 2.31. The van der Waals surface area contributed by atoms with E-state index < -0.39 is 24.1 Å². The van der Waals surface area contributed by atoms with Gasteiger partial charge in [0.2, 0.25) is 11.7 Å². The van der Waals surface area contributed by atoms with E-state index in [1.807, 2.05) is 13.8 Å². The summed E-state index contributed by atoms with van der Waals surface area (Å²) >= 11 is 0. The topological polar surface area (TPSA) is 127 Å². The molecule has 2 aromatic rings. The first kappa shape index (κ1) is 27.4. The van der Waals surface area contributed by atoms with Crippen molar-refractivity contribution in [3.63, 3.8) is 0 Å². The minimum absolute atomic E-state index is 0.0378. The number of likely N-dealkylation sites (N-methyl/N-ethyl adjacent to an activating group) is 1. The molecular weight excluding hydrogens is 473 g/mol. The number of alkyl halides is 3. The number of hydrogen-bond donors (Lipinski definition) is 3. The molecule has 0 unspecified atom stereocenters. The summed E-state index contributed by atoms with van der Waals surface area (Å²) in [6.45, 7) is 4.97. The third-order valence-corrected chi connectivity index (χ3v) is 4.62. The van der Waals surface area contributed by atoms with Gasteiger partial charge in [-0.1, -0.05) is 0 Å². The van der Waals surface area contributed by atoms with Crippen molar-refractivity contribution in [1.29, 1.82) is 0 Å². The molecule has 0 saturated heterocycles. The standard InChI is InChI=1S/C21H27F3N6O5/c1-4-29(5-2)17(31)12-25-19(32)18-27-16(13-30(18)10-11-34-3)28-20(33)26-14-6-8-15(9-7-14)35-21(22,23)24/h6-9,13H,4-5,10-12H2,1-3H3,(H,25,32)(H2,26,28,33). The fourth-order valence-corrected chi connectivity index (χ4v) is 2.96. The second-order valence-electron chi connectivity index (χ2n) is 7.04. The van der Waals surface area contributed by atoms with E-state index in [1.54, 1.807) is 4.90 Å². The first-order valence-electron chi connectivity index (χ1n) is 10.6.